The Kier molecular flexibility index (Phi) is 4.98. The number of ether oxygens (including phenoxy) is 2. The maximum atomic E-state index is 5.24. The molecule has 0 aromatic heterocycles. The molecule has 3 nitrogen and oxygen atoms in total. The minimum Gasteiger partial charge on any atom is -0.454 e. The van der Waals surface area contributed by atoms with E-state index in [0.717, 1.165) is 18.0 Å². The molecule has 1 aliphatic heterocycles. The molecule has 3 heteroatoms. The molecule has 1 aromatic carbocycles. The minimum absolute atomic E-state index is 0. The van der Waals surface area contributed by atoms with Gasteiger partial charge in [-0.2, -0.15) is 0 Å². The Hall–Kier alpha value is -1.22. The lowest BCUT2D eigenvalue weighted by Gasteiger charge is -2.00. The van der Waals surface area contributed by atoms with Gasteiger partial charge in [0, 0.05) is 7.97 Å². The molecule has 1 aliphatic rings. The average Bonchev–Trinajstić information content (AvgIpc) is 2.66. The molecule has 0 unspecified atom stereocenters. The van der Waals surface area contributed by atoms with Crippen LogP contribution in [0.4, 0.5) is 0 Å². The van der Waals surface area contributed by atoms with E-state index < -0.39 is 0 Å². The average molecular weight is 211 g/mol. The van der Waals surface area contributed by atoms with Gasteiger partial charge in [0.25, 0.3) is 0 Å². The highest BCUT2D eigenvalue weighted by Crippen LogP contribution is 2.32. The van der Waals surface area contributed by atoms with Crippen LogP contribution < -0.4 is 14.8 Å². The fourth-order valence-corrected chi connectivity index (χ4v) is 1.26. The normalized spacial score (nSPS) is 11.9. The molecule has 0 amide bonds. The molecule has 0 atom stereocenters. The van der Waals surface area contributed by atoms with Gasteiger partial charge in [-0.15, -0.1) is 0 Å². The minimum atomic E-state index is 0. The Labute approximate surface area is 92.9 Å². The summed E-state index contributed by atoms with van der Waals surface area (Å²) in [6.07, 6.45) is 1.25. The van der Waals surface area contributed by atoms with Gasteiger partial charge in [-0.25, -0.2) is 0 Å². The molecule has 2 rings (SSSR count). The Morgan fingerprint density at radius 1 is 1.27 bits per heavy atom. The van der Waals surface area contributed by atoms with Crippen LogP contribution in [0.1, 0.15) is 27.3 Å². The van der Waals surface area contributed by atoms with Gasteiger partial charge in [-0.3, -0.25) is 0 Å². The molecule has 0 saturated heterocycles. The summed E-state index contributed by atoms with van der Waals surface area (Å²) >= 11 is 0. The van der Waals surface area contributed by atoms with Crippen LogP contribution >= 0.6 is 0 Å². The Morgan fingerprint density at radius 2 is 1.93 bits per heavy atom. The van der Waals surface area contributed by atoms with E-state index >= 15 is 0 Å². The van der Waals surface area contributed by atoms with E-state index in [4.69, 9.17) is 9.47 Å². The van der Waals surface area contributed by atoms with Crippen molar-refractivity contribution in [2.75, 3.05) is 13.8 Å². The van der Waals surface area contributed by atoms with Gasteiger partial charge in [0.05, 0.1) is 0 Å². The van der Waals surface area contributed by atoms with Crippen molar-refractivity contribution in [3.05, 3.63) is 23.8 Å². The molecule has 0 fully saturated rings. The quantitative estimate of drug-likeness (QED) is 0.816. The standard InChI is InChI=1S/C9H11NO2.C3H8.H2/c1-10-5-7-2-3-8-9(4-7)12-6-11-8;1-3-2;/h2-4,10H,5-6H2,1H3;3H2,1-2H3;1H. The second-order valence-corrected chi connectivity index (χ2v) is 3.43. The summed E-state index contributed by atoms with van der Waals surface area (Å²) in [5.74, 6) is 1.69. The molecule has 0 spiro atoms. The van der Waals surface area contributed by atoms with Crippen LogP contribution in [0.5, 0.6) is 11.5 Å². The molecule has 0 bridgehead atoms. The lowest BCUT2D eigenvalue weighted by Crippen LogP contribution is -2.04. The van der Waals surface area contributed by atoms with E-state index in [0.29, 0.717) is 6.79 Å². The van der Waals surface area contributed by atoms with Crippen molar-refractivity contribution in [3.8, 4) is 11.5 Å². The van der Waals surface area contributed by atoms with Crippen molar-refractivity contribution in [2.24, 2.45) is 0 Å². The van der Waals surface area contributed by atoms with Crippen LogP contribution in [0.2, 0.25) is 0 Å². The summed E-state index contributed by atoms with van der Waals surface area (Å²) in [6.45, 7) is 5.45. The Morgan fingerprint density at radius 3 is 2.60 bits per heavy atom. The summed E-state index contributed by atoms with van der Waals surface area (Å²) < 4.78 is 10.4. The van der Waals surface area contributed by atoms with E-state index in [9.17, 15) is 0 Å². The van der Waals surface area contributed by atoms with Crippen LogP contribution in [0, 0.1) is 0 Å². The predicted octanol–water partition coefficient (Wildman–Crippen LogP) is 2.80. The summed E-state index contributed by atoms with van der Waals surface area (Å²) in [7, 11) is 1.92. The Bertz CT molecular complexity index is 305. The van der Waals surface area contributed by atoms with Crippen LogP contribution in [0.3, 0.4) is 0 Å². The van der Waals surface area contributed by atoms with E-state index in [2.05, 4.69) is 19.2 Å². The summed E-state index contributed by atoms with van der Waals surface area (Å²) in [4.78, 5) is 0. The fraction of sp³-hybridized carbons (Fsp3) is 0.500. The molecule has 1 N–H and O–H groups in total. The monoisotopic (exact) mass is 211 g/mol. The zero-order valence-corrected chi connectivity index (χ0v) is 9.67. The molecule has 15 heavy (non-hydrogen) atoms. The Balaban J connectivity index is 0.000000511. The van der Waals surface area contributed by atoms with Gasteiger partial charge in [-0.1, -0.05) is 26.3 Å². The molecule has 1 heterocycles. The van der Waals surface area contributed by atoms with E-state index in [1.54, 1.807) is 0 Å². The highest BCUT2D eigenvalue weighted by atomic mass is 16.7. The van der Waals surface area contributed by atoms with Crippen molar-refractivity contribution in [3.63, 3.8) is 0 Å². The van der Waals surface area contributed by atoms with Crippen molar-refractivity contribution in [2.45, 2.75) is 26.8 Å². The lowest BCUT2D eigenvalue weighted by molar-refractivity contribution is 0.174. The lowest BCUT2D eigenvalue weighted by atomic mass is 10.2. The van der Waals surface area contributed by atoms with Crippen LogP contribution in [0.25, 0.3) is 0 Å². The van der Waals surface area contributed by atoms with E-state index in [1.165, 1.54) is 12.0 Å². The third-order valence-electron chi connectivity index (χ3n) is 1.82. The number of rotatable bonds is 2. The second-order valence-electron chi connectivity index (χ2n) is 3.43. The second kappa shape index (κ2) is 6.30. The first-order chi connectivity index (χ1) is 7.31. The molecule has 0 radical (unpaired) electrons. The van der Waals surface area contributed by atoms with Gasteiger partial charge < -0.3 is 14.8 Å². The third-order valence-corrected chi connectivity index (χ3v) is 1.82. The maximum Gasteiger partial charge on any atom is 0.231 e. The number of fused-ring (bicyclic) bond motifs is 1. The first-order valence-corrected chi connectivity index (χ1v) is 5.34. The van der Waals surface area contributed by atoms with Crippen molar-refractivity contribution >= 4 is 0 Å². The summed E-state index contributed by atoms with van der Waals surface area (Å²) in [5, 5.41) is 3.08. The number of hydrogen-bond donors (Lipinski definition) is 1. The first kappa shape index (κ1) is 11.9. The number of hydrogen-bond acceptors (Lipinski definition) is 3. The van der Waals surface area contributed by atoms with Crippen LogP contribution in [-0.2, 0) is 6.54 Å². The topological polar surface area (TPSA) is 30.5 Å². The van der Waals surface area contributed by atoms with Crippen molar-refractivity contribution < 1.29 is 10.9 Å². The van der Waals surface area contributed by atoms with Gasteiger partial charge >= 0.3 is 0 Å². The van der Waals surface area contributed by atoms with Gasteiger partial charge in [0.2, 0.25) is 6.79 Å². The number of nitrogens with one attached hydrogen (secondary N) is 1. The highest BCUT2D eigenvalue weighted by molar-refractivity contribution is 5.44. The SMILES string of the molecule is CCC.CNCc1ccc2c(c1)OCO2.[HH]. The van der Waals surface area contributed by atoms with Crippen molar-refractivity contribution in [1.82, 2.24) is 5.32 Å². The van der Waals surface area contributed by atoms with E-state index in [-0.39, 0.29) is 1.43 Å². The van der Waals surface area contributed by atoms with Gasteiger partial charge in [0.15, 0.2) is 11.5 Å². The predicted molar refractivity (Wildman–Crippen MR) is 63.4 cm³/mol. The smallest absolute Gasteiger partial charge is 0.231 e. The number of benzene rings is 1. The highest BCUT2D eigenvalue weighted by Gasteiger charge is 2.12. The van der Waals surface area contributed by atoms with Crippen molar-refractivity contribution in [1.29, 1.82) is 0 Å². The first-order valence-electron chi connectivity index (χ1n) is 5.34. The molecule has 0 saturated carbocycles. The summed E-state index contributed by atoms with van der Waals surface area (Å²) in [5.41, 5.74) is 1.21. The molecule has 0 aliphatic carbocycles. The van der Waals surface area contributed by atoms with Crippen LogP contribution in [-0.4, -0.2) is 13.8 Å². The third kappa shape index (κ3) is 3.44. The summed E-state index contributed by atoms with van der Waals surface area (Å²) in [6, 6.07) is 5.97. The molecular weight excluding hydrogens is 190 g/mol. The van der Waals surface area contributed by atoms with Crippen LogP contribution in [0.15, 0.2) is 18.2 Å². The van der Waals surface area contributed by atoms with Gasteiger partial charge in [-0.05, 0) is 24.7 Å². The molecule has 86 valence electrons. The molecular formula is C12H21NO2. The maximum absolute atomic E-state index is 5.24. The largest absolute Gasteiger partial charge is 0.454 e. The zero-order valence-electron chi connectivity index (χ0n) is 9.67. The molecule has 1 aromatic rings. The van der Waals surface area contributed by atoms with E-state index in [1.807, 2.05) is 25.2 Å². The van der Waals surface area contributed by atoms with Gasteiger partial charge in [0.1, 0.15) is 0 Å². The fourth-order valence-electron chi connectivity index (χ4n) is 1.26. The zero-order chi connectivity index (χ0) is 11.1.